The molecule has 1 aromatic carbocycles. The van der Waals surface area contributed by atoms with E-state index >= 15 is 0 Å². The first-order valence-electron chi connectivity index (χ1n) is 10.4. The fourth-order valence-electron chi connectivity index (χ4n) is 4.32. The summed E-state index contributed by atoms with van der Waals surface area (Å²) in [6, 6.07) is 1.24. The second kappa shape index (κ2) is 8.32. The van der Waals surface area contributed by atoms with Gasteiger partial charge in [-0.05, 0) is 25.1 Å². The van der Waals surface area contributed by atoms with Gasteiger partial charge in [0.25, 0.3) is 5.91 Å². The number of alkyl halides is 3. The maximum absolute atomic E-state index is 13.6. The van der Waals surface area contributed by atoms with Crippen molar-refractivity contribution >= 4 is 17.6 Å². The SMILES string of the molecule is CC1Cc2nn3c(c2CN1C(=O)Nc1ccc(F)c(C(F)(F)F)c1)C(=O)N(C)CC(CO)C3. The summed E-state index contributed by atoms with van der Waals surface area (Å²) in [5, 5.41) is 16.5. The van der Waals surface area contributed by atoms with Crippen molar-refractivity contribution in [3.63, 3.8) is 0 Å². The Labute approximate surface area is 186 Å². The number of aliphatic hydroxyl groups is 1. The summed E-state index contributed by atoms with van der Waals surface area (Å²) in [5.74, 6) is -1.88. The summed E-state index contributed by atoms with van der Waals surface area (Å²) < 4.78 is 54.1. The van der Waals surface area contributed by atoms with Gasteiger partial charge in [0.05, 0.1) is 17.8 Å². The van der Waals surface area contributed by atoms with Crippen molar-refractivity contribution in [3.8, 4) is 0 Å². The first kappa shape index (κ1) is 23.0. The number of carbonyl (C=O) groups is 2. The number of aliphatic hydroxyl groups excluding tert-OH is 1. The standard InChI is InChI=1S/C21H23F4N5O3/c1-11-5-17-14(18-19(32)28(2)7-12(10-31)8-30(18)27-17)9-29(11)20(33)26-13-3-4-16(22)15(6-13)21(23,24)25/h3-4,6,11-12,31H,5,7-10H2,1-2H3,(H,26,33). The van der Waals surface area contributed by atoms with Gasteiger partial charge in [-0.2, -0.15) is 18.3 Å². The zero-order valence-corrected chi connectivity index (χ0v) is 18.0. The van der Waals surface area contributed by atoms with Gasteiger partial charge in [-0.15, -0.1) is 0 Å². The van der Waals surface area contributed by atoms with Gasteiger partial charge in [0.1, 0.15) is 11.5 Å². The molecule has 2 aromatic rings. The molecular formula is C21H23F4N5O3. The molecule has 3 heterocycles. The molecule has 0 saturated carbocycles. The van der Waals surface area contributed by atoms with E-state index in [2.05, 4.69) is 10.4 Å². The molecule has 0 radical (unpaired) electrons. The molecule has 0 fully saturated rings. The highest BCUT2D eigenvalue weighted by Gasteiger charge is 2.38. The van der Waals surface area contributed by atoms with E-state index in [0.717, 1.165) is 6.07 Å². The third-order valence-electron chi connectivity index (χ3n) is 6.04. The number of amides is 3. The molecule has 0 aliphatic carbocycles. The van der Waals surface area contributed by atoms with Crippen molar-refractivity contribution < 1.29 is 32.3 Å². The highest BCUT2D eigenvalue weighted by atomic mass is 19.4. The number of anilines is 1. The summed E-state index contributed by atoms with van der Waals surface area (Å²) in [6.07, 6.45) is -4.55. The molecule has 2 atom stereocenters. The molecule has 3 amide bonds. The van der Waals surface area contributed by atoms with E-state index in [4.69, 9.17) is 0 Å². The number of fused-ring (bicyclic) bond motifs is 3. The third kappa shape index (κ3) is 4.26. The van der Waals surface area contributed by atoms with Crippen LogP contribution < -0.4 is 5.32 Å². The van der Waals surface area contributed by atoms with Crippen LogP contribution in [-0.2, 0) is 25.7 Å². The van der Waals surface area contributed by atoms with E-state index in [0.29, 0.717) is 48.6 Å². The Morgan fingerprint density at radius 2 is 2.03 bits per heavy atom. The maximum Gasteiger partial charge on any atom is 0.419 e. The molecule has 178 valence electrons. The second-order valence-corrected chi connectivity index (χ2v) is 8.49. The second-order valence-electron chi connectivity index (χ2n) is 8.49. The van der Waals surface area contributed by atoms with Gasteiger partial charge in [-0.1, -0.05) is 0 Å². The van der Waals surface area contributed by atoms with Gasteiger partial charge in [-0.25, -0.2) is 9.18 Å². The molecule has 2 unspecified atom stereocenters. The minimum Gasteiger partial charge on any atom is -0.396 e. The van der Waals surface area contributed by atoms with Crippen LogP contribution in [0.5, 0.6) is 0 Å². The van der Waals surface area contributed by atoms with Crippen LogP contribution in [0.25, 0.3) is 0 Å². The number of hydrogen-bond acceptors (Lipinski definition) is 4. The van der Waals surface area contributed by atoms with E-state index in [1.807, 2.05) is 0 Å². The summed E-state index contributed by atoms with van der Waals surface area (Å²) in [6.45, 7) is 2.41. The lowest BCUT2D eigenvalue weighted by Gasteiger charge is -2.33. The van der Waals surface area contributed by atoms with Gasteiger partial charge in [0, 0.05) is 56.4 Å². The minimum absolute atomic E-state index is 0.0361. The lowest BCUT2D eigenvalue weighted by Crippen LogP contribution is -2.45. The van der Waals surface area contributed by atoms with E-state index in [1.54, 1.807) is 18.7 Å². The van der Waals surface area contributed by atoms with E-state index < -0.39 is 23.6 Å². The largest absolute Gasteiger partial charge is 0.419 e. The average molecular weight is 469 g/mol. The van der Waals surface area contributed by atoms with Gasteiger partial charge in [-0.3, -0.25) is 9.48 Å². The Morgan fingerprint density at radius 3 is 2.70 bits per heavy atom. The van der Waals surface area contributed by atoms with E-state index in [1.165, 1.54) is 9.80 Å². The lowest BCUT2D eigenvalue weighted by atomic mass is 9.99. The van der Waals surface area contributed by atoms with Gasteiger partial charge in [0.2, 0.25) is 0 Å². The monoisotopic (exact) mass is 469 g/mol. The number of halogens is 4. The molecule has 0 bridgehead atoms. The number of carbonyl (C=O) groups excluding carboxylic acids is 2. The Morgan fingerprint density at radius 1 is 1.30 bits per heavy atom. The summed E-state index contributed by atoms with van der Waals surface area (Å²) in [5.41, 5.74) is -0.0726. The molecule has 33 heavy (non-hydrogen) atoms. The van der Waals surface area contributed by atoms with Crippen LogP contribution in [0, 0.1) is 11.7 Å². The number of hydrogen-bond donors (Lipinski definition) is 2. The molecule has 0 saturated heterocycles. The molecule has 0 spiro atoms. The zero-order valence-electron chi connectivity index (χ0n) is 18.0. The average Bonchev–Trinajstić information content (AvgIpc) is 3.02. The zero-order chi connectivity index (χ0) is 24.1. The molecule has 8 nitrogen and oxygen atoms in total. The summed E-state index contributed by atoms with van der Waals surface area (Å²) in [4.78, 5) is 28.8. The molecule has 2 N–H and O–H groups in total. The van der Waals surface area contributed by atoms with Crippen LogP contribution in [0.3, 0.4) is 0 Å². The van der Waals surface area contributed by atoms with E-state index in [9.17, 15) is 32.3 Å². The molecular weight excluding hydrogens is 446 g/mol. The van der Waals surface area contributed by atoms with Gasteiger partial charge < -0.3 is 20.2 Å². The third-order valence-corrected chi connectivity index (χ3v) is 6.04. The number of urea groups is 1. The van der Waals surface area contributed by atoms with Crippen LogP contribution in [-0.4, -0.2) is 62.9 Å². The summed E-state index contributed by atoms with van der Waals surface area (Å²) >= 11 is 0. The molecule has 2 aliphatic heterocycles. The fraction of sp³-hybridized carbons (Fsp3) is 0.476. The van der Waals surface area contributed by atoms with Gasteiger partial charge >= 0.3 is 12.2 Å². The van der Waals surface area contributed by atoms with Crippen LogP contribution in [0.2, 0.25) is 0 Å². The summed E-state index contributed by atoms with van der Waals surface area (Å²) in [7, 11) is 1.63. The highest BCUT2D eigenvalue weighted by Crippen LogP contribution is 2.34. The number of aromatic nitrogens is 2. The highest BCUT2D eigenvalue weighted by molar-refractivity contribution is 5.95. The number of nitrogens with zero attached hydrogens (tertiary/aromatic N) is 4. The predicted molar refractivity (Wildman–Crippen MR) is 109 cm³/mol. The molecule has 2 aliphatic rings. The smallest absolute Gasteiger partial charge is 0.396 e. The molecule has 4 rings (SSSR count). The molecule has 1 aromatic heterocycles. The Kier molecular flexibility index (Phi) is 5.81. The number of rotatable bonds is 2. The minimum atomic E-state index is -4.90. The quantitative estimate of drug-likeness (QED) is 0.662. The lowest BCUT2D eigenvalue weighted by molar-refractivity contribution is -0.139. The predicted octanol–water partition coefficient (Wildman–Crippen LogP) is 2.71. The van der Waals surface area contributed by atoms with Crippen LogP contribution >= 0.6 is 0 Å². The Hall–Kier alpha value is -3.15. The first-order valence-corrected chi connectivity index (χ1v) is 10.4. The van der Waals surface area contributed by atoms with Crippen LogP contribution in [0.15, 0.2) is 18.2 Å². The first-order chi connectivity index (χ1) is 15.5. The van der Waals surface area contributed by atoms with Gasteiger partial charge in [0.15, 0.2) is 0 Å². The molecule has 12 heteroatoms. The van der Waals surface area contributed by atoms with Crippen molar-refractivity contribution in [2.45, 2.75) is 38.7 Å². The van der Waals surface area contributed by atoms with E-state index in [-0.39, 0.29) is 36.7 Å². The normalized spacial score (nSPS) is 20.9. The topological polar surface area (TPSA) is 90.7 Å². The van der Waals surface area contributed by atoms with Crippen molar-refractivity contribution in [1.29, 1.82) is 0 Å². The maximum atomic E-state index is 13.6. The fourth-order valence-corrected chi connectivity index (χ4v) is 4.32. The van der Waals surface area contributed by atoms with Crippen molar-refractivity contribution in [2.24, 2.45) is 5.92 Å². The Bertz CT molecular complexity index is 1100. The van der Waals surface area contributed by atoms with Crippen LogP contribution in [0.1, 0.15) is 34.2 Å². The van der Waals surface area contributed by atoms with Crippen molar-refractivity contribution in [1.82, 2.24) is 19.6 Å². The number of nitrogens with one attached hydrogen (secondary N) is 1. The van der Waals surface area contributed by atoms with Crippen molar-refractivity contribution in [2.75, 3.05) is 25.5 Å². The number of benzene rings is 1. The van der Waals surface area contributed by atoms with Crippen LogP contribution in [0.4, 0.5) is 28.0 Å². The van der Waals surface area contributed by atoms with Crippen molar-refractivity contribution in [3.05, 3.63) is 46.5 Å². The Balaban J connectivity index is 1.60.